The summed E-state index contributed by atoms with van der Waals surface area (Å²) in [5.41, 5.74) is 2.05. The molecule has 4 heterocycles. The molecular weight excluding hydrogens is 346 g/mol. The first-order valence-electron chi connectivity index (χ1n) is 8.94. The number of nitrogens with one attached hydrogen (secondary N) is 2. The summed E-state index contributed by atoms with van der Waals surface area (Å²) in [4.78, 5) is 13.6. The van der Waals surface area contributed by atoms with E-state index in [0.717, 1.165) is 28.8 Å². The highest BCUT2D eigenvalue weighted by molar-refractivity contribution is 7.09. The molecule has 5 nitrogen and oxygen atoms in total. The lowest BCUT2D eigenvalue weighted by Crippen LogP contribution is -2.42. The summed E-state index contributed by atoms with van der Waals surface area (Å²) in [5.74, 6) is 0.938. The number of rotatable bonds is 4. The lowest BCUT2D eigenvalue weighted by Gasteiger charge is -2.20. The molecule has 0 aliphatic carbocycles. The number of hydrogen-bond donors (Lipinski definition) is 2. The molecule has 2 saturated heterocycles. The molecule has 0 spiro atoms. The first-order chi connectivity index (χ1) is 12.8. The molecule has 2 aliphatic rings. The van der Waals surface area contributed by atoms with Gasteiger partial charge in [-0.15, -0.1) is 0 Å². The van der Waals surface area contributed by atoms with Crippen LogP contribution in [0.2, 0.25) is 0 Å². The summed E-state index contributed by atoms with van der Waals surface area (Å²) in [6.07, 6.45) is 5.18. The Bertz CT molecular complexity index is 934. The van der Waals surface area contributed by atoms with Gasteiger partial charge in [-0.1, -0.05) is 18.2 Å². The monoisotopic (exact) mass is 365 g/mol. The van der Waals surface area contributed by atoms with Crippen molar-refractivity contribution in [2.24, 2.45) is 0 Å². The van der Waals surface area contributed by atoms with Gasteiger partial charge in [-0.05, 0) is 60.6 Å². The molecule has 0 radical (unpaired) electrons. The van der Waals surface area contributed by atoms with E-state index < -0.39 is 0 Å². The number of furan rings is 1. The zero-order valence-corrected chi connectivity index (χ0v) is 15.0. The standard InChI is InChI=1S/C20H19N3O2S/c24-20(23-16-11-14-4-5-15(16)22-14)18-7-6-17(25-18)12-2-1-3-13(10-12)19-8-9-21-26-19/h1-3,6-10,14-16,22H,4-5,11H2,(H,23,24)/t14-,15+,16-/m1/s1. The fourth-order valence-electron chi connectivity index (χ4n) is 4.03. The fourth-order valence-corrected chi connectivity index (χ4v) is 4.62. The van der Waals surface area contributed by atoms with Crippen molar-refractivity contribution in [3.05, 3.63) is 54.4 Å². The van der Waals surface area contributed by atoms with Gasteiger partial charge >= 0.3 is 0 Å². The second-order valence-corrected chi connectivity index (χ2v) is 7.82. The van der Waals surface area contributed by atoms with Gasteiger partial charge in [0.2, 0.25) is 0 Å². The number of hydrogen-bond acceptors (Lipinski definition) is 5. The molecule has 2 bridgehead atoms. The molecule has 3 aromatic rings. The number of amides is 1. The molecule has 2 fully saturated rings. The third-order valence-corrected chi connectivity index (χ3v) is 6.11. The molecule has 1 aromatic carbocycles. The van der Waals surface area contributed by atoms with Crippen molar-refractivity contribution in [1.29, 1.82) is 0 Å². The number of carbonyl (C=O) groups excluding carboxylic acids is 1. The Kier molecular flexibility index (Phi) is 3.87. The molecule has 3 atom stereocenters. The molecule has 5 rings (SSSR count). The van der Waals surface area contributed by atoms with E-state index in [1.165, 1.54) is 18.0 Å². The quantitative estimate of drug-likeness (QED) is 0.740. The topological polar surface area (TPSA) is 67.2 Å². The van der Waals surface area contributed by atoms with Crippen molar-refractivity contribution in [3.8, 4) is 21.8 Å². The Morgan fingerprint density at radius 3 is 2.88 bits per heavy atom. The van der Waals surface area contributed by atoms with Crippen LogP contribution in [0.3, 0.4) is 0 Å². The van der Waals surface area contributed by atoms with E-state index in [4.69, 9.17) is 4.42 Å². The number of nitrogens with zero attached hydrogens (tertiary/aromatic N) is 1. The van der Waals surface area contributed by atoms with Crippen LogP contribution in [0.25, 0.3) is 21.8 Å². The Labute approximate surface area is 155 Å². The minimum Gasteiger partial charge on any atom is -0.451 e. The van der Waals surface area contributed by atoms with E-state index in [1.54, 1.807) is 12.3 Å². The molecular formula is C20H19N3O2S. The van der Waals surface area contributed by atoms with Crippen molar-refractivity contribution in [2.45, 2.75) is 37.4 Å². The highest BCUT2D eigenvalue weighted by Crippen LogP contribution is 2.30. The van der Waals surface area contributed by atoms with Gasteiger partial charge in [-0.3, -0.25) is 4.79 Å². The van der Waals surface area contributed by atoms with Crippen LogP contribution in [-0.2, 0) is 0 Å². The SMILES string of the molecule is O=C(N[C@@H]1C[C@H]2CC[C@@H]1N2)c1ccc(-c2cccc(-c3ccns3)c2)o1. The lowest BCUT2D eigenvalue weighted by atomic mass is 9.95. The summed E-state index contributed by atoms with van der Waals surface area (Å²) in [7, 11) is 0. The largest absolute Gasteiger partial charge is 0.451 e. The van der Waals surface area contributed by atoms with Crippen LogP contribution >= 0.6 is 11.5 Å². The molecule has 0 unspecified atom stereocenters. The molecule has 2 N–H and O–H groups in total. The highest BCUT2D eigenvalue weighted by atomic mass is 32.1. The van der Waals surface area contributed by atoms with Crippen LogP contribution in [0, 0.1) is 0 Å². The average Bonchev–Trinajstić information content (AvgIpc) is 3.46. The first-order valence-corrected chi connectivity index (χ1v) is 9.72. The molecule has 26 heavy (non-hydrogen) atoms. The van der Waals surface area contributed by atoms with E-state index in [2.05, 4.69) is 27.1 Å². The van der Waals surface area contributed by atoms with Gasteiger partial charge in [0.25, 0.3) is 5.91 Å². The Morgan fingerprint density at radius 2 is 2.12 bits per heavy atom. The van der Waals surface area contributed by atoms with Crippen LogP contribution in [0.15, 0.2) is 53.1 Å². The van der Waals surface area contributed by atoms with Crippen molar-refractivity contribution in [1.82, 2.24) is 15.0 Å². The molecule has 2 aliphatic heterocycles. The van der Waals surface area contributed by atoms with E-state index in [0.29, 0.717) is 23.6 Å². The van der Waals surface area contributed by atoms with E-state index in [1.807, 2.05) is 24.3 Å². The third kappa shape index (κ3) is 2.85. The highest BCUT2D eigenvalue weighted by Gasteiger charge is 2.39. The number of aromatic nitrogens is 1. The molecule has 2 aromatic heterocycles. The summed E-state index contributed by atoms with van der Waals surface area (Å²) in [5, 5.41) is 6.66. The van der Waals surface area contributed by atoms with Crippen LogP contribution < -0.4 is 10.6 Å². The number of carbonyl (C=O) groups is 1. The molecule has 0 saturated carbocycles. The van der Waals surface area contributed by atoms with Crippen LogP contribution in [0.5, 0.6) is 0 Å². The van der Waals surface area contributed by atoms with Gasteiger partial charge in [0.15, 0.2) is 5.76 Å². The predicted octanol–water partition coefficient (Wildman–Crippen LogP) is 3.69. The zero-order valence-electron chi connectivity index (χ0n) is 14.1. The maximum Gasteiger partial charge on any atom is 0.287 e. The smallest absolute Gasteiger partial charge is 0.287 e. The second kappa shape index (κ2) is 6.37. The van der Waals surface area contributed by atoms with Gasteiger partial charge in [0.05, 0.1) is 4.88 Å². The summed E-state index contributed by atoms with van der Waals surface area (Å²) in [6, 6.07) is 14.9. The predicted molar refractivity (Wildman–Crippen MR) is 101 cm³/mol. The second-order valence-electron chi connectivity index (χ2n) is 6.98. The van der Waals surface area contributed by atoms with Crippen molar-refractivity contribution >= 4 is 17.4 Å². The Morgan fingerprint density at radius 1 is 1.19 bits per heavy atom. The summed E-state index contributed by atoms with van der Waals surface area (Å²) < 4.78 is 10.0. The first kappa shape index (κ1) is 15.8. The van der Waals surface area contributed by atoms with Gasteiger partial charge in [-0.25, -0.2) is 4.37 Å². The van der Waals surface area contributed by atoms with Crippen LogP contribution in [0.1, 0.15) is 29.8 Å². The fraction of sp³-hybridized carbons (Fsp3) is 0.300. The van der Waals surface area contributed by atoms with E-state index in [-0.39, 0.29) is 11.9 Å². The van der Waals surface area contributed by atoms with Gasteiger partial charge < -0.3 is 15.1 Å². The Hall–Kier alpha value is -2.44. The van der Waals surface area contributed by atoms with Gasteiger partial charge in [-0.2, -0.15) is 0 Å². The maximum atomic E-state index is 12.5. The molecule has 1 amide bonds. The van der Waals surface area contributed by atoms with Crippen molar-refractivity contribution in [3.63, 3.8) is 0 Å². The van der Waals surface area contributed by atoms with E-state index in [9.17, 15) is 4.79 Å². The zero-order chi connectivity index (χ0) is 17.5. The molecule has 132 valence electrons. The maximum absolute atomic E-state index is 12.5. The molecule has 6 heteroatoms. The summed E-state index contributed by atoms with van der Waals surface area (Å²) in [6.45, 7) is 0. The van der Waals surface area contributed by atoms with Crippen LogP contribution in [0.4, 0.5) is 0 Å². The van der Waals surface area contributed by atoms with Crippen LogP contribution in [-0.4, -0.2) is 28.4 Å². The van der Waals surface area contributed by atoms with Crippen molar-refractivity contribution < 1.29 is 9.21 Å². The number of benzene rings is 1. The normalized spacial score (nSPS) is 24.1. The van der Waals surface area contributed by atoms with Crippen molar-refractivity contribution in [2.75, 3.05) is 0 Å². The third-order valence-electron chi connectivity index (χ3n) is 5.32. The number of fused-ring (bicyclic) bond motifs is 2. The van der Waals surface area contributed by atoms with E-state index >= 15 is 0 Å². The summed E-state index contributed by atoms with van der Waals surface area (Å²) >= 11 is 1.46. The van der Waals surface area contributed by atoms with Gasteiger partial charge in [0, 0.05) is 29.9 Å². The Balaban J connectivity index is 1.34. The minimum atomic E-state index is -0.130. The lowest BCUT2D eigenvalue weighted by molar-refractivity contribution is 0.0903. The van der Waals surface area contributed by atoms with Gasteiger partial charge in [0.1, 0.15) is 5.76 Å². The average molecular weight is 365 g/mol. The minimum absolute atomic E-state index is 0.130.